The number of para-hydroxylation sites is 2. The lowest BCUT2D eigenvalue weighted by Gasteiger charge is -2.04. The van der Waals surface area contributed by atoms with E-state index >= 15 is 0 Å². The maximum atomic E-state index is 3.30. The van der Waals surface area contributed by atoms with E-state index < -0.39 is 0 Å². The molecule has 0 fully saturated rings. The molecule has 0 radical (unpaired) electrons. The van der Waals surface area contributed by atoms with E-state index in [2.05, 4.69) is 19.2 Å². The normalized spacial score (nSPS) is 9.06. The number of anilines is 2. The molecule has 0 heterocycles. The predicted molar refractivity (Wildman–Crippen MR) is 76.7 cm³/mol. The van der Waals surface area contributed by atoms with Crippen molar-refractivity contribution in [1.29, 1.82) is 0 Å². The van der Waals surface area contributed by atoms with Crippen LogP contribution in [0.25, 0.3) is 0 Å². The second-order valence-corrected chi connectivity index (χ2v) is 3.86. The van der Waals surface area contributed by atoms with E-state index in [1.54, 1.807) is 0 Å². The predicted octanol–water partition coefficient (Wildman–Crippen LogP) is 5.24. The van der Waals surface area contributed by atoms with Crippen molar-refractivity contribution in [2.24, 2.45) is 0 Å². The minimum Gasteiger partial charge on any atom is -0.356 e. The number of nitrogens with one attached hydrogen (secondary N) is 1. The Balaban J connectivity index is 0.000000317. The van der Waals surface area contributed by atoms with E-state index in [9.17, 15) is 0 Å². The van der Waals surface area contributed by atoms with Crippen LogP contribution in [0.1, 0.15) is 26.7 Å². The molecule has 0 amide bonds. The molecule has 0 saturated carbocycles. The molecule has 0 bridgehead atoms. The minimum absolute atomic E-state index is 1.12. The third-order valence-corrected chi connectivity index (χ3v) is 2.34. The number of rotatable bonds is 3. The van der Waals surface area contributed by atoms with E-state index in [1.807, 2.05) is 60.7 Å². The topological polar surface area (TPSA) is 12.0 Å². The van der Waals surface area contributed by atoms with Crippen molar-refractivity contribution >= 4 is 11.4 Å². The largest absolute Gasteiger partial charge is 0.356 e. The van der Waals surface area contributed by atoms with Crippen LogP contribution in [0.4, 0.5) is 11.4 Å². The lowest BCUT2D eigenvalue weighted by atomic mass is 10.3. The van der Waals surface area contributed by atoms with E-state index in [4.69, 9.17) is 0 Å². The van der Waals surface area contributed by atoms with Crippen LogP contribution >= 0.6 is 0 Å². The molecule has 1 nitrogen and oxygen atoms in total. The Hall–Kier alpha value is -1.76. The molecule has 0 aliphatic heterocycles. The SMILES string of the molecule is CCCC.c1ccc(Nc2ccccc2)cc1. The standard InChI is InChI=1S/C12H11N.C4H10/c1-3-7-11(8-4-1)13-12-9-5-2-6-10-12;1-3-4-2/h1-10,13H;3-4H2,1-2H3. The summed E-state index contributed by atoms with van der Waals surface area (Å²) in [4.78, 5) is 0. The number of benzene rings is 2. The van der Waals surface area contributed by atoms with Gasteiger partial charge in [-0.05, 0) is 24.3 Å². The Labute approximate surface area is 105 Å². The van der Waals surface area contributed by atoms with Gasteiger partial charge in [0.05, 0.1) is 0 Å². The summed E-state index contributed by atoms with van der Waals surface area (Å²) in [6, 6.07) is 20.3. The van der Waals surface area contributed by atoms with Crippen molar-refractivity contribution in [2.45, 2.75) is 26.7 Å². The zero-order valence-electron chi connectivity index (χ0n) is 10.7. The van der Waals surface area contributed by atoms with Gasteiger partial charge in [0.25, 0.3) is 0 Å². The molecule has 0 aromatic heterocycles. The van der Waals surface area contributed by atoms with Crippen molar-refractivity contribution in [3.05, 3.63) is 60.7 Å². The van der Waals surface area contributed by atoms with Crippen molar-refractivity contribution in [3.8, 4) is 0 Å². The van der Waals surface area contributed by atoms with Gasteiger partial charge in [0, 0.05) is 11.4 Å². The van der Waals surface area contributed by atoms with Crippen molar-refractivity contribution in [1.82, 2.24) is 0 Å². The van der Waals surface area contributed by atoms with Gasteiger partial charge in [-0.25, -0.2) is 0 Å². The quantitative estimate of drug-likeness (QED) is 0.756. The Bertz CT molecular complexity index is 341. The highest BCUT2D eigenvalue weighted by molar-refractivity contribution is 5.58. The fraction of sp³-hybridized carbons (Fsp3) is 0.250. The first-order valence-corrected chi connectivity index (χ1v) is 6.24. The second-order valence-electron chi connectivity index (χ2n) is 3.86. The maximum Gasteiger partial charge on any atom is 0.0384 e. The highest BCUT2D eigenvalue weighted by Crippen LogP contribution is 2.14. The summed E-state index contributed by atoms with van der Waals surface area (Å²) in [5.41, 5.74) is 2.24. The van der Waals surface area contributed by atoms with Gasteiger partial charge in [-0.15, -0.1) is 0 Å². The molecular formula is C16H21N. The van der Waals surface area contributed by atoms with Gasteiger partial charge in [-0.1, -0.05) is 63.1 Å². The molecule has 0 unspecified atom stereocenters. The summed E-state index contributed by atoms with van der Waals surface area (Å²) < 4.78 is 0. The Morgan fingerprint density at radius 1 is 0.647 bits per heavy atom. The van der Waals surface area contributed by atoms with Gasteiger partial charge in [0.15, 0.2) is 0 Å². The molecule has 1 N–H and O–H groups in total. The molecule has 0 aliphatic rings. The van der Waals surface area contributed by atoms with Crippen LogP contribution in [0, 0.1) is 0 Å². The lowest BCUT2D eigenvalue weighted by Crippen LogP contribution is -1.87. The van der Waals surface area contributed by atoms with Crippen molar-refractivity contribution in [3.63, 3.8) is 0 Å². The zero-order chi connectivity index (χ0) is 12.3. The molecular weight excluding hydrogens is 206 g/mol. The van der Waals surface area contributed by atoms with Crippen LogP contribution in [-0.4, -0.2) is 0 Å². The minimum atomic E-state index is 1.12. The summed E-state index contributed by atoms with van der Waals surface area (Å²) in [5.74, 6) is 0. The Kier molecular flexibility index (Phi) is 6.57. The smallest absolute Gasteiger partial charge is 0.0384 e. The maximum absolute atomic E-state index is 3.30. The number of unbranched alkanes of at least 4 members (excludes halogenated alkanes) is 1. The Morgan fingerprint density at radius 2 is 1.00 bits per heavy atom. The highest BCUT2D eigenvalue weighted by atomic mass is 14.9. The van der Waals surface area contributed by atoms with Crippen LogP contribution in [-0.2, 0) is 0 Å². The molecule has 90 valence electrons. The molecule has 2 rings (SSSR count). The first-order chi connectivity index (χ1) is 8.36. The second kappa shape index (κ2) is 8.40. The summed E-state index contributed by atoms with van der Waals surface area (Å²) in [7, 11) is 0. The molecule has 0 spiro atoms. The van der Waals surface area contributed by atoms with Crippen molar-refractivity contribution in [2.75, 3.05) is 5.32 Å². The molecule has 2 aromatic rings. The molecule has 17 heavy (non-hydrogen) atoms. The van der Waals surface area contributed by atoms with Gasteiger partial charge >= 0.3 is 0 Å². The van der Waals surface area contributed by atoms with E-state index in [0.717, 1.165) is 11.4 Å². The molecule has 2 aromatic carbocycles. The monoisotopic (exact) mass is 227 g/mol. The van der Waals surface area contributed by atoms with Gasteiger partial charge in [-0.3, -0.25) is 0 Å². The fourth-order valence-corrected chi connectivity index (χ4v) is 1.21. The van der Waals surface area contributed by atoms with Crippen LogP contribution in [0.5, 0.6) is 0 Å². The summed E-state index contributed by atoms with van der Waals surface area (Å²) >= 11 is 0. The molecule has 0 saturated heterocycles. The lowest BCUT2D eigenvalue weighted by molar-refractivity contribution is 0.886. The summed E-state index contributed by atoms with van der Waals surface area (Å²) in [6.07, 6.45) is 2.64. The first kappa shape index (κ1) is 13.3. The van der Waals surface area contributed by atoms with E-state index in [-0.39, 0.29) is 0 Å². The number of hydrogen-bond donors (Lipinski definition) is 1. The van der Waals surface area contributed by atoms with Crippen LogP contribution in [0.2, 0.25) is 0 Å². The van der Waals surface area contributed by atoms with E-state index in [1.165, 1.54) is 12.8 Å². The van der Waals surface area contributed by atoms with Crippen LogP contribution in [0.3, 0.4) is 0 Å². The first-order valence-electron chi connectivity index (χ1n) is 6.24. The highest BCUT2D eigenvalue weighted by Gasteiger charge is 1.89. The summed E-state index contributed by atoms with van der Waals surface area (Å²) in [5, 5.41) is 3.30. The average molecular weight is 227 g/mol. The third-order valence-electron chi connectivity index (χ3n) is 2.34. The van der Waals surface area contributed by atoms with Gasteiger partial charge < -0.3 is 5.32 Å². The van der Waals surface area contributed by atoms with Gasteiger partial charge in [-0.2, -0.15) is 0 Å². The molecule has 0 atom stereocenters. The van der Waals surface area contributed by atoms with Gasteiger partial charge in [0.2, 0.25) is 0 Å². The van der Waals surface area contributed by atoms with Crippen molar-refractivity contribution < 1.29 is 0 Å². The molecule has 1 heteroatoms. The number of hydrogen-bond acceptors (Lipinski definition) is 1. The summed E-state index contributed by atoms with van der Waals surface area (Å²) in [6.45, 7) is 4.36. The average Bonchev–Trinajstić information content (AvgIpc) is 2.41. The van der Waals surface area contributed by atoms with Crippen LogP contribution < -0.4 is 5.32 Å². The van der Waals surface area contributed by atoms with Crippen LogP contribution in [0.15, 0.2) is 60.7 Å². The van der Waals surface area contributed by atoms with Gasteiger partial charge in [0.1, 0.15) is 0 Å². The fourth-order valence-electron chi connectivity index (χ4n) is 1.21. The third kappa shape index (κ3) is 5.76. The Morgan fingerprint density at radius 3 is 1.29 bits per heavy atom. The zero-order valence-corrected chi connectivity index (χ0v) is 10.7. The molecule has 0 aliphatic carbocycles. The van der Waals surface area contributed by atoms with E-state index in [0.29, 0.717) is 0 Å².